The highest BCUT2D eigenvalue weighted by Crippen LogP contribution is 2.39. The maximum atomic E-state index is 12.8. The third kappa shape index (κ3) is 5.58. The Morgan fingerprint density at radius 3 is 2.55 bits per heavy atom. The average molecular weight is 417 g/mol. The van der Waals surface area contributed by atoms with E-state index in [0.717, 1.165) is 28.7 Å². The molecule has 1 heterocycles. The van der Waals surface area contributed by atoms with Crippen LogP contribution in [0.15, 0.2) is 48.5 Å². The number of rotatable bonds is 6. The van der Waals surface area contributed by atoms with Crippen LogP contribution in [-0.2, 0) is 21.4 Å². The molecule has 1 aliphatic heterocycles. The van der Waals surface area contributed by atoms with Crippen LogP contribution in [0.3, 0.4) is 0 Å². The molecule has 2 aromatic carbocycles. The predicted molar refractivity (Wildman–Crippen MR) is 113 cm³/mol. The van der Waals surface area contributed by atoms with Gasteiger partial charge in [0, 0.05) is 18.5 Å². The summed E-state index contributed by atoms with van der Waals surface area (Å²) in [5.41, 5.74) is 2.40. The second-order valence-electron chi connectivity index (χ2n) is 8.24. The molecular formula is C22H28N2O4S. The highest BCUT2D eigenvalue weighted by Gasteiger charge is 2.35. The Balaban J connectivity index is 1.77. The molecule has 156 valence electrons. The molecule has 1 atom stereocenters. The maximum absolute atomic E-state index is 12.8. The van der Waals surface area contributed by atoms with Gasteiger partial charge in [-0.15, -0.1) is 0 Å². The van der Waals surface area contributed by atoms with Crippen LogP contribution >= 0.6 is 0 Å². The van der Waals surface area contributed by atoms with Crippen LogP contribution in [0.2, 0.25) is 0 Å². The largest absolute Gasteiger partial charge is 0.487 e. The average Bonchev–Trinajstić information content (AvgIpc) is 2.61. The van der Waals surface area contributed by atoms with E-state index < -0.39 is 15.6 Å². The van der Waals surface area contributed by atoms with Gasteiger partial charge in [0.1, 0.15) is 11.4 Å². The number of benzene rings is 2. The second kappa shape index (κ2) is 8.16. The van der Waals surface area contributed by atoms with Crippen LogP contribution < -0.4 is 10.1 Å². The minimum atomic E-state index is -3.54. The zero-order chi connectivity index (χ0) is 21.2. The van der Waals surface area contributed by atoms with E-state index in [1.165, 1.54) is 4.31 Å². The summed E-state index contributed by atoms with van der Waals surface area (Å²) in [6, 6.07) is 14.9. The molecular weight excluding hydrogens is 388 g/mol. The molecule has 0 unspecified atom stereocenters. The summed E-state index contributed by atoms with van der Waals surface area (Å²) in [6.45, 7) is 5.87. The number of fused-ring (bicyclic) bond motifs is 1. The van der Waals surface area contributed by atoms with E-state index >= 15 is 0 Å². The molecule has 7 heteroatoms. The van der Waals surface area contributed by atoms with E-state index in [-0.39, 0.29) is 25.0 Å². The van der Waals surface area contributed by atoms with Crippen molar-refractivity contribution >= 4 is 15.9 Å². The molecule has 0 radical (unpaired) electrons. The van der Waals surface area contributed by atoms with Gasteiger partial charge in [-0.1, -0.05) is 48.0 Å². The number of hydrogen-bond donors (Lipinski definition) is 1. The molecule has 0 fully saturated rings. The molecule has 0 saturated heterocycles. The van der Waals surface area contributed by atoms with Crippen molar-refractivity contribution in [1.82, 2.24) is 9.62 Å². The number of amides is 1. The summed E-state index contributed by atoms with van der Waals surface area (Å²) < 4.78 is 31.7. The number of sulfonamides is 1. The Kier molecular flexibility index (Phi) is 6.00. The lowest BCUT2D eigenvalue weighted by molar-refractivity contribution is -0.122. The third-order valence-electron chi connectivity index (χ3n) is 4.95. The zero-order valence-electron chi connectivity index (χ0n) is 17.3. The summed E-state index contributed by atoms with van der Waals surface area (Å²) in [5.74, 6) is 0.419. The fourth-order valence-electron chi connectivity index (χ4n) is 3.58. The highest BCUT2D eigenvalue weighted by molar-refractivity contribution is 7.88. The number of nitrogens with zero attached hydrogens (tertiary/aromatic N) is 1. The molecule has 0 aliphatic carbocycles. The van der Waals surface area contributed by atoms with Gasteiger partial charge in [-0.25, -0.2) is 8.42 Å². The Bertz CT molecular complexity index is 987. The Morgan fingerprint density at radius 2 is 1.90 bits per heavy atom. The number of aryl methyl sites for hydroxylation is 1. The molecule has 0 saturated carbocycles. The van der Waals surface area contributed by atoms with Crippen LogP contribution in [0, 0.1) is 6.92 Å². The standard InChI is InChI=1S/C22H28N2O4S/c1-16-10-11-20-18(12-16)19(13-22(2,3)28-20)23-21(25)15-24(29(4,26)27)14-17-8-6-5-7-9-17/h5-12,19H,13-15H2,1-4H3,(H,23,25)/t19-/m1/s1. The molecule has 1 N–H and O–H groups in total. The van der Waals surface area contributed by atoms with Crippen molar-refractivity contribution in [3.8, 4) is 5.75 Å². The predicted octanol–water partition coefficient (Wildman–Crippen LogP) is 3.18. The molecule has 6 nitrogen and oxygen atoms in total. The second-order valence-corrected chi connectivity index (χ2v) is 10.2. The van der Waals surface area contributed by atoms with Crippen LogP contribution in [0.1, 0.15) is 43.0 Å². The smallest absolute Gasteiger partial charge is 0.235 e. The number of nitrogens with one attached hydrogen (secondary N) is 1. The summed E-state index contributed by atoms with van der Waals surface area (Å²) in [6.07, 6.45) is 1.73. The Labute approximate surface area is 172 Å². The molecule has 3 rings (SSSR count). The van der Waals surface area contributed by atoms with Crippen molar-refractivity contribution < 1.29 is 17.9 Å². The summed E-state index contributed by atoms with van der Waals surface area (Å²) >= 11 is 0. The lowest BCUT2D eigenvalue weighted by Gasteiger charge is -2.38. The summed E-state index contributed by atoms with van der Waals surface area (Å²) in [7, 11) is -3.54. The number of hydrogen-bond acceptors (Lipinski definition) is 4. The Hall–Kier alpha value is -2.38. The maximum Gasteiger partial charge on any atom is 0.235 e. The third-order valence-corrected chi connectivity index (χ3v) is 6.14. The first-order valence-electron chi connectivity index (χ1n) is 9.61. The molecule has 1 amide bonds. The van der Waals surface area contributed by atoms with Gasteiger partial charge in [0.15, 0.2) is 0 Å². The molecule has 0 bridgehead atoms. The van der Waals surface area contributed by atoms with Crippen LogP contribution in [-0.4, -0.2) is 37.0 Å². The lowest BCUT2D eigenvalue weighted by atomic mass is 9.89. The fraction of sp³-hybridized carbons (Fsp3) is 0.409. The lowest BCUT2D eigenvalue weighted by Crippen LogP contribution is -2.45. The minimum absolute atomic E-state index is 0.155. The molecule has 1 aliphatic rings. The van der Waals surface area contributed by atoms with Gasteiger partial charge >= 0.3 is 0 Å². The normalized spacial score (nSPS) is 18.0. The summed E-state index contributed by atoms with van der Waals surface area (Å²) in [4.78, 5) is 12.8. The van der Waals surface area contributed by atoms with Crippen molar-refractivity contribution in [2.24, 2.45) is 0 Å². The first-order chi connectivity index (χ1) is 13.5. The van der Waals surface area contributed by atoms with E-state index in [1.54, 1.807) is 0 Å². The van der Waals surface area contributed by atoms with Crippen molar-refractivity contribution in [2.75, 3.05) is 12.8 Å². The van der Waals surface area contributed by atoms with E-state index in [9.17, 15) is 13.2 Å². The molecule has 29 heavy (non-hydrogen) atoms. The van der Waals surface area contributed by atoms with E-state index in [4.69, 9.17) is 4.74 Å². The van der Waals surface area contributed by atoms with E-state index in [0.29, 0.717) is 6.42 Å². The molecule has 0 aromatic heterocycles. The SMILES string of the molecule is Cc1ccc2c(c1)[C@H](NC(=O)CN(Cc1ccccc1)S(C)(=O)=O)CC(C)(C)O2. The fourth-order valence-corrected chi connectivity index (χ4v) is 4.32. The first kappa shape index (κ1) is 21.3. The summed E-state index contributed by atoms with van der Waals surface area (Å²) in [5, 5.41) is 3.02. The monoisotopic (exact) mass is 416 g/mol. The minimum Gasteiger partial charge on any atom is -0.487 e. The molecule has 0 spiro atoms. The Morgan fingerprint density at radius 1 is 1.21 bits per heavy atom. The number of carbonyl (C=O) groups is 1. The number of ether oxygens (including phenoxy) is 1. The van der Waals surface area contributed by atoms with Crippen molar-refractivity contribution in [2.45, 2.75) is 45.4 Å². The van der Waals surface area contributed by atoms with Crippen molar-refractivity contribution in [3.63, 3.8) is 0 Å². The van der Waals surface area contributed by atoms with E-state index in [2.05, 4.69) is 5.32 Å². The zero-order valence-corrected chi connectivity index (χ0v) is 18.1. The van der Waals surface area contributed by atoms with Crippen LogP contribution in [0.25, 0.3) is 0 Å². The topological polar surface area (TPSA) is 75.7 Å². The van der Waals surface area contributed by atoms with Gasteiger partial charge < -0.3 is 10.1 Å². The van der Waals surface area contributed by atoms with Crippen molar-refractivity contribution in [3.05, 3.63) is 65.2 Å². The highest BCUT2D eigenvalue weighted by atomic mass is 32.2. The van der Waals surface area contributed by atoms with Gasteiger partial charge in [0.2, 0.25) is 15.9 Å². The van der Waals surface area contributed by atoms with E-state index in [1.807, 2.05) is 69.3 Å². The number of carbonyl (C=O) groups excluding carboxylic acids is 1. The first-order valence-corrected chi connectivity index (χ1v) is 11.5. The van der Waals surface area contributed by atoms with Crippen LogP contribution in [0.5, 0.6) is 5.75 Å². The van der Waals surface area contributed by atoms with Gasteiger partial charge in [-0.3, -0.25) is 4.79 Å². The van der Waals surface area contributed by atoms with Crippen LogP contribution in [0.4, 0.5) is 0 Å². The van der Waals surface area contributed by atoms with Gasteiger partial charge in [-0.2, -0.15) is 4.31 Å². The van der Waals surface area contributed by atoms with Crippen molar-refractivity contribution in [1.29, 1.82) is 0 Å². The van der Waals surface area contributed by atoms with Gasteiger partial charge in [-0.05, 0) is 32.4 Å². The quantitative estimate of drug-likeness (QED) is 0.785. The molecule has 2 aromatic rings. The van der Waals surface area contributed by atoms with Gasteiger partial charge in [0.05, 0.1) is 18.8 Å². The van der Waals surface area contributed by atoms with Gasteiger partial charge in [0.25, 0.3) is 0 Å².